The third-order valence-corrected chi connectivity index (χ3v) is 2.75. The summed E-state index contributed by atoms with van der Waals surface area (Å²) in [7, 11) is 0. The molecule has 0 fully saturated rings. The third kappa shape index (κ3) is 3.47. The van der Waals surface area contributed by atoms with Crippen LogP contribution in [-0.4, -0.2) is 21.4 Å². The molecule has 1 aromatic heterocycles. The van der Waals surface area contributed by atoms with Gasteiger partial charge in [0, 0.05) is 11.7 Å². The Morgan fingerprint density at radius 3 is 2.63 bits per heavy atom. The van der Waals surface area contributed by atoms with Crippen molar-refractivity contribution in [2.24, 2.45) is 0 Å². The van der Waals surface area contributed by atoms with Crippen LogP contribution >= 0.6 is 0 Å². The van der Waals surface area contributed by atoms with Crippen LogP contribution in [0.3, 0.4) is 0 Å². The smallest absolute Gasteiger partial charge is 0.146 e. The van der Waals surface area contributed by atoms with Gasteiger partial charge in [-0.3, -0.25) is 0 Å². The second-order valence-electron chi connectivity index (χ2n) is 4.53. The summed E-state index contributed by atoms with van der Waals surface area (Å²) >= 11 is 0. The number of hydrogen-bond donors (Lipinski definition) is 1. The highest BCUT2D eigenvalue weighted by Gasteiger charge is 2.06. The van der Waals surface area contributed by atoms with E-state index in [0.29, 0.717) is 19.2 Å². The molecule has 5 nitrogen and oxygen atoms in total. The van der Waals surface area contributed by atoms with Crippen molar-refractivity contribution in [1.82, 2.24) is 14.8 Å². The first-order valence-electron chi connectivity index (χ1n) is 6.55. The number of ether oxygens (including phenoxy) is 1. The quantitative estimate of drug-likeness (QED) is 0.867. The number of benzene rings is 1. The largest absolute Gasteiger partial charge is 0.494 e. The fourth-order valence-electron chi connectivity index (χ4n) is 1.85. The SMILES string of the molecule is CCOc1ccc(NCc2ncnn2C(C)C)cc1. The maximum Gasteiger partial charge on any atom is 0.146 e. The van der Waals surface area contributed by atoms with Gasteiger partial charge in [-0.2, -0.15) is 5.10 Å². The van der Waals surface area contributed by atoms with Crippen LogP contribution in [0.2, 0.25) is 0 Å². The number of anilines is 1. The zero-order valence-electron chi connectivity index (χ0n) is 11.6. The molecule has 0 bridgehead atoms. The number of hydrogen-bond acceptors (Lipinski definition) is 4. The Balaban J connectivity index is 1.96. The Kier molecular flexibility index (Phi) is 4.39. The van der Waals surface area contributed by atoms with Crippen LogP contribution in [0.4, 0.5) is 5.69 Å². The number of rotatable bonds is 6. The summed E-state index contributed by atoms with van der Waals surface area (Å²) in [6, 6.07) is 8.24. The lowest BCUT2D eigenvalue weighted by molar-refractivity contribution is 0.340. The topological polar surface area (TPSA) is 52.0 Å². The Bertz CT molecular complexity index is 504. The number of nitrogens with one attached hydrogen (secondary N) is 1. The van der Waals surface area contributed by atoms with Gasteiger partial charge in [0.25, 0.3) is 0 Å². The lowest BCUT2D eigenvalue weighted by Crippen LogP contribution is -2.11. The molecular formula is C14H20N4O. The van der Waals surface area contributed by atoms with E-state index in [1.165, 1.54) is 0 Å². The number of aromatic nitrogens is 3. The van der Waals surface area contributed by atoms with Gasteiger partial charge in [-0.1, -0.05) is 0 Å². The van der Waals surface area contributed by atoms with Gasteiger partial charge in [0.05, 0.1) is 13.2 Å². The molecule has 2 aromatic rings. The van der Waals surface area contributed by atoms with Crippen LogP contribution in [-0.2, 0) is 6.54 Å². The molecule has 0 saturated carbocycles. The highest BCUT2D eigenvalue weighted by atomic mass is 16.5. The summed E-state index contributed by atoms with van der Waals surface area (Å²) in [5.74, 6) is 1.82. The number of nitrogens with zero attached hydrogens (tertiary/aromatic N) is 3. The summed E-state index contributed by atoms with van der Waals surface area (Å²) in [5.41, 5.74) is 1.04. The van der Waals surface area contributed by atoms with Gasteiger partial charge in [0.1, 0.15) is 17.9 Å². The van der Waals surface area contributed by atoms with Crippen molar-refractivity contribution in [2.45, 2.75) is 33.4 Å². The summed E-state index contributed by atoms with van der Waals surface area (Å²) in [6.07, 6.45) is 1.59. The molecular weight excluding hydrogens is 240 g/mol. The van der Waals surface area contributed by atoms with Crippen molar-refractivity contribution in [3.8, 4) is 5.75 Å². The molecule has 1 heterocycles. The second-order valence-corrected chi connectivity index (χ2v) is 4.53. The Hall–Kier alpha value is -2.04. The van der Waals surface area contributed by atoms with Crippen molar-refractivity contribution < 1.29 is 4.74 Å². The van der Waals surface area contributed by atoms with E-state index in [1.807, 2.05) is 35.9 Å². The molecule has 0 aliphatic rings. The highest BCUT2D eigenvalue weighted by Crippen LogP contribution is 2.16. The molecule has 0 aliphatic carbocycles. The van der Waals surface area contributed by atoms with Gasteiger partial charge in [0.15, 0.2) is 0 Å². The van der Waals surface area contributed by atoms with E-state index in [-0.39, 0.29) is 0 Å². The minimum absolute atomic E-state index is 0.319. The monoisotopic (exact) mass is 260 g/mol. The van der Waals surface area contributed by atoms with E-state index in [2.05, 4.69) is 29.2 Å². The van der Waals surface area contributed by atoms with Crippen molar-refractivity contribution in [1.29, 1.82) is 0 Å². The van der Waals surface area contributed by atoms with E-state index >= 15 is 0 Å². The van der Waals surface area contributed by atoms with Crippen LogP contribution < -0.4 is 10.1 Å². The fourth-order valence-corrected chi connectivity index (χ4v) is 1.85. The van der Waals surface area contributed by atoms with Crippen molar-refractivity contribution in [3.05, 3.63) is 36.4 Å². The van der Waals surface area contributed by atoms with E-state index in [4.69, 9.17) is 4.74 Å². The van der Waals surface area contributed by atoms with Gasteiger partial charge in [-0.25, -0.2) is 9.67 Å². The highest BCUT2D eigenvalue weighted by molar-refractivity contribution is 5.46. The van der Waals surface area contributed by atoms with Crippen molar-refractivity contribution >= 4 is 5.69 Å². The Labute approximate surface area is 113 Å². The Morgan fingerprint density at radius 1 is 1.26 bits per heavy atom. The van der Waals surface area contributed by atoms with Crippen molar-refractivity contribution in [3.63, 3.8) is 0 Å². The van der Waals surface area contributed by atoms with Gasteiger partial charge in [-0.05, 0) is 45.0 Å². The molecule has 102 valence electrons. The van der Waals surface area contributed by atoms with Crippen LogP contribution in [0.25, 0.3) is 0 Å². The van der Waals surface area contributed by atoms with E-state index in [9.17, 15) is 0 Å². The van der Waals surface area contributed by atoms with Gasteiger partial charge in [0.2, 0.25) is 0 Å². The zero-order valence-corrected chi connectivity index (χ0v) is 11.6. The average Bonchev–Trinajstić information content (AvgIpc) is 2.87. The first-order chi connectivity index (χ1) is 9.20. The van der Waals surface area contributed by atoms with Crippen LogP contribution in [0.15, 0.2) is 30.6 Å². The predicted molar refractivity (Wildman–Crippen MR) is 75.3 cm³/mol. The normalized spacial score (nSPS) is 10.7. The lowest BCUT2D eigenvalue weighted by atomic mass is 10.3. The maximum atomic E-state index is 5.41. The molecule has 0 aliphatic heterocycles. The standard InChI is InChI=1S/C14H20N4O/c1-4-19-13-7-5-12(6-8-13)15-9-14-16-10-17-18(14)11(2)3/h5-8,10-11,15H,4,9H2,1-3H3. The molecule has 5 heteroatoms. The van der Waals surface area contributed by atoms with E-state index < -0.39 is 0 Å². The lowest BCUT2D eigenvalue weighted by Gasteiger charge is -2.11. The predicted octanol–water partition coefficient (Wildman–Crippen LogP) is 2.87. The molecule has 0 amide bonds. The van der Waals surface area contributed by atoms with Crippen LogP contribution in [0.1, 0.15) is 32.6 Å². The molecule has 0 radical (unpaired) electrons. The average molecular weight is 260 g/mol. The second kappa shape index (κ2) is 6.22. The molecule has 1 N–H and O–H groups in total. The molecule has 0 saturated heterocycles. The summed E-state index contributed by atoms with van der Waals surface area (Å²) in [6.45, 7) is 7.51. The summed E-state index contributed by atoms with van der Waals surface area (Å²) in [5, 5.41) is 7.54. The van der Waals surface area contributed by atoms with Gasteiger partial charge in [-0.15, -0.1) is 0 Å². The van der Waals surface area contributed by atoms with Crippen molar-refractivity contribution in [2.75, 3.05) is 11.9 Å². The van der Waals surface area contributed by atoms with Crippen LogP contribution in [0, 0.1) is 0 Å². The summed E-state index contributed by atoms with van der Waals surface area (Å²) in [4.78, 5) is 4.26. The third-order valence-electron chi connectivity index (χ3n) is 2.75. The van der Waals surface area contributed by atoms with Crippen LogP contribution in [0.5, 0.6) is 5.75 Å². The minimum Gasteiger partial charge on any atom is -0.494 e. The molecule has 19 heavy (non-hydrogen) atoms. The first-order valence-corrected chi connectivity index (χ1v) is 6.55. The summed E-state index contributed by atoms with van der Waals surface area (Å²) < 4.78 is 7.33. The van der Waals surface area contributed by atoms with Gasteiger partial charge >= 0.3 is 0 Å². The van der Waals surface area contributed by atoms with E-state index in [1.54, 1.807) is 6.33 Å². The Morgan fingerprint density at radius 2 is 2.00 bits per heavy atom. The maximum absolute atomic E-state index is 5.41. The molecule has 0 atom stereocenters. The first kappa shape index (κ1) is 13.4. The minimum atomic E-state index is 0.319. The van der Waals surface area contributed by atoms with E-state index in [0.717, 1.165) is 17.3 Å². The molecule has 0 unspecified atom stereocenters. The molecule has 2 rings (SSSR count). The molecule has 1 aromatic carbocycles. The molecule has 0 spiro atoms. The van der Waals surface area contributed by atoms with Gasteiger partial charge < -0.3 is 10.1 Å². The fraction of sp³-hybridized carbons (Fsp3) is 0.429. The zero-order chi connectivity index (χ0) is 13.7.